The Morgan fingerprint density at radius 3 is 2.57 bits per heavy atom. The largest absolute Gasteiger partial charge is 0.372 e. The smallest absolute Gasteiger partial charge is 0.0453 e. The normalized spacial score (nSPS) is 12.2. The summed E-state index contributed by atoms with van der Waals surface area (Å²) in [6.07, 6.45) is 0.880. The molecule has 2 aromatic carbocycles. The number of hydrogen-bond donors (Lipinski definition) is 1. The van der Waals surface area contributed by atoms with E-state index >= 15 is 0 Å². The minimum atomic E-state index is -0.0300. The summed E-state index contributed by atoms with van der Waals surface area (Å²) in [6.45, 7) is 6.18. The highest BCUT2D eigenvalue weighted by Gasteiger charge is 2.12. The minimum absolute atomic E-state index is 0.0300. The molecule has 1 unspecified atom stereocenters. The number of rotatable bonds is 6. The molecule has 0 fully saturated rings. The lowest BCUT2D eigenvalue weighted by Crippen LogP contribution is -2.27. The van der Waals surface area contributed by atoms with Gasteiger partial charge in [-0.15, -0.1) is 0 Å². The van der Waals surface area contributed by atoms with E-state index in [1.807, 2.05) is 24.3 Å². The first-order chi connectivity index (χ1) is 10.1. The van der Waals surface area contributed by atoms with Crippen molar-refractivity contribution >= 4 is 17.3 Å². The van der Waals surface area contributed by atoms with E-state index in [0.717, 1.165) is 30.1 Å². The van der Waals surface area contributed by atoms with Crippen molar-refractivity contribution in [3.8, 4) is 0 Å². The summed E-state index contributed by atoms with van der Waals surface area (Å²) in [5.41, 5.74) is 9.86. The molecule has 0 saturated carbocycles. The van der Waals surface area contributed by atoms with Crippen LogP contribution in [0.15, 0.2) is 48.5 Å². The zero-order valence-corrected chi connectivity index (χ0v) is 13.5. The molecule has 21 heavy (non-hydrogen) atoms. The highest BCUT2D eigenvalue weighted by atomic mass is 35.5. The number of benzene rings is 2. The SMILES string of the molecule is CCN(CCC(N)c1ccccc1Cl)c1cccc(C)c1. The van der Waals surface area contributed by atoms with Crippen molar-refractivity contribution in [3.63, 3.8) is 0 Å². The number of aryl methyl sites for hydroxylation is 1. The summed E-state index contributed by atoms with van der Waals surface area (Å²) >= 11 is 6.21. The monoisotopic (exact) mass is 302 g/mol. The van der Waals surface area contributed by atoms with Crippen molar-refractivity contribution < 1.29 is 0 Å². The van der Waals surface area contributed by atoms with E-state index in [0.29, 0.717) is 0 Å². The maximum atomic E-state index is 6.30. The van der Waals surface area contributed by atoms with Gasteiger partial charge >= 0.3 is 0 Å². The van der Waals surface area contributed by atoms with Crippen molar-refractivity contribution in [1.29, 1.82) is 0 Å². The molecule has 0 aliphatic rings. The van der Waals surface area contributed by atoms with Crippen molar-refractivity contribution in [2.45, 2.75) is 26.3 Å². The van der Waals surface area contributed by atoms with Gasteiger partial charge in [0.05, 0.1) is 0 Å². The molecular formula is C18H23ClN2. The van der Waals surface area contributed by atoms with E-state index in [4.69, 9.17) is 17.3 Å². The van der Waals surface area contributed by atoms with Crippen LogP contribution in [0.2, 0.25) is 5.02 Å². The Morgan fingerprint density at radius 1 is 1.14 bits per heavy atom. The Bertz CT molecular complexity index is 583. The molecule has 2 nitrogen and oxygen atoms in total. The molecule has 2 N–H and O–H groups in total. The third-order valence-corrected chi connectivity index (χ3v) is 4.11. The Labute approximate surface area is 132 Å². The summed E-state index contributed by atoms with van der Waals surface area (Å²) in [7, 11) is 0. The van der Waals surface area contributed by atoms with E-state index in [2.05, 4.69) is 43.0 Å². The zero-order chi connectivity index (χ0) is 15.2. The van der Waals surface area contributed by atoms with Gasteiger partial charge in [0.25, 0.3) is 0 Å². The molecule has 2 rings (SSSR count). The number of nitrogens with two attached hydrogens (primary N) is 1. The fraction of sp³-hybridized carbons (Fsp3) is 0.333. The summed E-state index contributed by atoms with van der Waals surface area (Å²) in [5.74, 6) is 0. The Morgan fingerprint density at radius 2 is 1.90 bits per heavy atom. The van der Waals surface area contributed by atoms with Crippen LogP contribution in [0.4, 0.5) is 5.69 Å². The van der Waals surface area contributed by atoms with Gasteiger partial charge in [-0.3, -0.25) is 0 Å². The van der Waals surface area contributed by atoms with E-state index < -0.39 is 0 Å². The molecular weight excluding hydrogens is 280 g/mol. The molecule has 0 radical (unpaired) electrons. The van der Waals surface area contributed by atoms with E-state index in [1.165, 1.54) is 11.3 Å². The van der Waals surface area contributed by atoms with Crippen LogP contribution in [-0.4, -0.2) is 13.1 Å². The van der Waals surface area contributed by atoms with Crippen molar-refractivity contribution in [1.82, 2.24) is 0 Å². The first-order valence-electron chi connectivity index (χ1n) is 7.43. The minimum Gasteiger partial charge on any atom is -0.372 e. The number of anilines is 1. The van der Waals surface area contributed by atoms with Crippen LogP contribution < -0.4 is 10.6 Å². The number of nitrogens with zero attached hydrogens (tertiary/aromatic N) is 1. The molecule has 0 spiro atoms. The average Bonchev–Trinajstić information content (AvgIpc) is 2.48. The lowest BCUT2D eigenvalue weighted by atomic mass is 10.0. The molecule has 0 bridgehead atoms. The maximum absolute atomic E-state index is 6.30. The zero-order valence-electron chi connectivity index (χ0n) is 12.7. The standard InChI is InChI=1S/C18H23ClN2/c1-3-21(15-8-6-7-14(2)13-15)12-11-18(20)16-9-4-5-10-17(16)19/h4-10,13,18H,3,11-12,20H2,1-2H3. The Hall–Kier alpha value is -1.51. The van der Waals surface area contributed by atoms with Gasteiger partial charge < -0.3 is 10.6 Å². The molecule has 0 aliphatic carbocycles. The molecule has 0 amide bonds. The summed E-state index contributed by atoms with van der Waals surface area (Å²) in [5, 5.41) is 0.753. The van der Waals surface area contributed by atoms with E-state index in [9.17, 15) is 0 Å². The first-order valence-corrected chi connectivity index (χ1v) is 7.81. The van der Waals surface area contributed by atoms with Gasteiger partial charge in [-0.05, 0) is 49.6 Å². The van der Waals surface area contributed by atoms with Gasteiger partial charge in [-0.25, -0.2) is 0 Å². The predicted molar refractivity (Wildman–Crippen MR) is 92.1 cm³/mol. The quantitative estimate of drug-likeness (QED) is 0.847. The van der Waals surface area contributed by atoms with Gasteiger partial charge in [-0.2, -0.15) is 0 Å². The third kappa shape index (κ3) is 4.23. The molecule has 0 heterocycles. The average molecular weight is 303 g/mol. The van der Waals surface area contributed by atoms with Gasteiger partial charge in [0.1, 0.15) is 0 Å². The third-order valence-electron chi connectivity index (χ3n) is 3.76. The van der Waals surface area contributed by atoms with E-state index in [-0.39, 0.29) is 6.04 Å². The van der Waals surface area contributed by atoms with Crippen LogP contribution >= 0.6 is 11.6 Å². The molecule has 0 saturated heterocycles. The van der Waals surface area contributed by atoms with Gasteiger partial charge in [0.15, 0.2) is 0 Å². The second-order valence-corrected chi connectivity index (χ2v) is 5.74. The highest BCUT2D eigenvalue weighted by molar-refractivity contribution is 6.31. The van der Waals surface area contributed by atoms with Gasteiger partial charge in [-0.1, -0.05) is 41.9 Å². The molecule has 0 aliphatic heterocycles. The number of halogens is 1. The van der Waals surface area contributed by atoms with Crippen molar-refractivity contribution in [3.05, 3.63) is 64.7 Å². The fourth-order valence-electron chi connectivity index (χ4n) is 2.52. The van der Waals surface area contributed by atoms with E-state index in [1.54, 1.807) is 0 Å². The van der Waals surface area contributed by atoms with Gasteiger partial charge in [0.2, 0.25) is 0 Å². The maximum Gasteiger partial charge on any atom is 0.0453 e. The predicted octanol–water partition coefficient (Wildman–Crippen LogP) is 4.56. The second-order valence-electron chi connectivity index (χ2n) is 5.34. The molecule has 112 valence electrons. The Kier molecular flexibility index (Phi) is 5.66. The highest BCUT2D eigenvalue weighted by Crippen LogP contribution is 2.24. The van der Waals surface area contributed by atoms with Crippen LogP contribution in [0, 0.1) is 6.92 Å². The second kappa shape index (κ2) is 7.48. The molecule has 2 aromatic rings. The number of hydrogen-bond acceptors (Lipinski definition) is 2. The van der Waals surface area contributed by atoms with Gasteiger partial charge in [0, 0.05) is 29.8 Å². The van der Waals surface area contributed by atoms with Crippen LogP contribution in [0.1, 0.15) is 30.5 Å². The van der Waals surface area contributed by atoms with Crippen molar-refractivity contribution in [2.24, 2.45) is 5.73 Å². The van der Waals surface area contributed by atoms with Crippen LogP contribution in [0.3, 0.4) is 0 Å². The molecule has 0 aromatic heterocycles. The summed E-state index contributed by atoms with van der Waals surface area (Å²) in [6, 6.07) is 16.4. The molecule has 3 heteroatoms. The topological polar surface area (TPSA) is 29.3 Å². The first kappa shape index (κ1) is 15.9. The van der Waals surface area contributed by atoms with Crippen LogP contribution in [0.25, 0.3) is 0 Å². The lowest BCUT2D eigenvalue weighted by Gasteiger charge is -2.25. The van der Waals surface area contributed by atoms with Crippen LogP contribution in [0.5, 0.6) is 0 Å². The summed E-state index contributed by atoms with van der Waals surface area (Å²) < 4.78 is 0. The molecule has 1 atom stereocenters. The fourth-order valence-corrected chi connectivity index (χ4v) is 2.80. The van der Waals surface area contributed by atoms with Crippen molar-refractivity contribution in [2.75, 3.05) is 18.0 Å². The Balaban J connectivity index is 2.02. The lowest BCUT2D eigenvalue weighted by molar-refractivity contribution is 0.632. The summed E-state index contributed by atoms with van der Waals surface area (Å²) in [4.78, 5) is 2.35. The van der Waals surface area contributed by atoms with Crippen LogP contribution in [-0.2, 0) is 0 Å².